The van der Waals surface area contributed by atoms with Gasteiger partial charge in [0.1, 0.15) is 4.83 Å². The zero-order valence-corrected chi connectivity index (χ0v) is 18.6. The first-order valence-corrected chi connectivity index (χ1v) is 12.1. The van der Waals surface area contributed by atoms with Gasteiger partial charge in [-0.1, -0.05) is 6.07 Å². The Kier molecular flexibility index (Phi) is 4.78. The molecule has 6 rings (SSSR count). The topological polar surface area (TPSA) is 85.4 Å². The van der Waals surface area contributed by atoms with Crippen LogP contribution in [0.1, 0.15) is 54.4 Å². The van der Waals surface area contributed by atoms with E-state index in [9.17, 15) is 9.59 Å². The van der Waals surface area contributed by atoms with E-state index in [1.54, 1.807) is 22.2 Å². The first-order chi connectivity index (χ1) is 15.7. The van der Waals surface area contributed by atoms with Gasteiger partial charge in [-0.15, -0.1) is 21.5 Å². The molecule has 4 aromatic rings. The van der Waals surface area contributed by atoms with Gasteiger partial charge < -0.3 is 4.90 Å². The zero-order valence-electron chi connectivity index (χ0n) is 17.7. The molecule has 164 valence electrons. The van der Waals surface area contributed by atoms with Crippen molar-refractivity contribution in [2.45, 2.75) is 57.5 Å². The number of amides is 1. The zero-order chi connectivity index (χ0) is 21.7. The molecule has 1 amide bonds. The molecule has 1 fully saturated rings. The van der Waals surface area contributed by atoms with Crippen molar-refractivity contribution in [3.63, 3.8) is 0 Å². The van der Waals surface area contributed by atoms with Crippen LogP contribution in [-0.4, -0.2) is 41.5 Å². The third-order valence-electron chi connectivity index (χ3n) is 6.72. The number of hydrogen-bond donors (Lipinski definition) is 0. The van der Waals surface area contributed by atoms with Gasteiger partial charge in [-0.3, -0.25) is 18.6 Å². The molecule has 32 heavy (non-hydrogen) atoms. The van der Waals surface area contributed by atoms with Crippen LogP contribution in [0.3, 0.4) is 0 Å². The van der Waals surface area contributed by atoms with Crippen LogP contribution in [0.25, 0.3) is 15.9 Å². The van der Waals surface area contributed by atoms with Crippen LogP contribution in [0, 0.1) is 0 Å². The fraction of sp³-hybridized carbons (Fsp3) is 0.435. The van der Waals surface area contributed by atoms with E-state index in [1.807, 2.05) is 33.7 Å². The largest absolute Gasteiger partial charge is 0.332 e. The highest BCUT2D eigenvalue weighted by Gasteiger charge is 2.33. The molecule has 9 heteroatoms. The summed E-state index contributed by atoms with van der Waals surface area (Å²) in [5.74, 6) is 0.844. The molecule has 0 N–H and O–H groups in total. The number of fused-ring (bicyclic) bond motifs is 4. The summed E-state index contributed by atoms with van der Waals surface area (Å²) in [4.78, 5) is 34.9. The number of aryl methyl sites for hydroxylation is 3. The number of nitrogens with zero attached hydrogens (tertiary/aromatic N) is 6. The molecule has 0 spiro atoms. The molecular formula is C23H24N6O2S. The van der Waals surface area contributed by atoms with Crippen LogP contribution in [0.5, 0.6) is 0 Å². The monoisotopic (exact) mass is 448 g/mol. The molecule has 5 heterocycles. The number of rotatable bonds is 4. The molecule has 8 nitrogen and oxygen atoms in total. The van der Waals surface area contributed by atoms with Crippen LogP contribution in [0.4, 0.5) is 0 Å². The summed E-state index contributed by atoms with van der Waals surface area (Å²) >= 11 is 1.65. The van der Waals surface area contributed by atoms with E-state index in [4.69, 9.17) is 0 Å². The van der Waals surface area contributed by atoms with Crippen molar-refractivity contribution >= 4 is 33.1 Å². The minimum absolute atomic E-state index is 0.0105. The van der Waals surface area contributed by atoms with E-state index in [1.165, 1.54) is 16.9 Å². The lowest BCUT2D eigenvalue weighted by Crippen LogP contribution is -2.33. The molecule has 1 aliphatic heterocycles. The Morgan fingerprint density at radius 3 is 3.00 bits per heavy atom. The number of thiophene rings is 1. The van der Waals surface area contributed by atoms with Gasteiger partial charge >= 0.3 is 0 Å². The van der Waals surface area contributed by atoms with Crippen molar-refractivity contribution in [2.24, 2.45) is 0 Å². The molecule has 0 radical (unpaired) electrons. The third kappa shape index (κ3) is 3.14. The summed E-state index contributed by atoms with van der Waals surface area (Å²) in [6.07, 6.45) is 9.93. The number of aromatic nitrogens is 5. The summed E-state index contributed by atoms with van der Waals surface area (Å²) in [7, 11) is 0. The molecule has 1 saturated heterocycles. The Morgan fingerprint density at radius 1 is 1.16 bits per heavy atom. The Morgan fingerprint density at radius 2 is 2.06 bits per heavy atom. The second-order valence-corrected chi connectivity index (χ2v) is 9.70. The summed E-state index contributed by atoms with van der Waals surface area (Å²) in [6, 6.07) is 5.70. The molecule has 0 saturated carbocycles. The highest BCUT2D eigenvalue weighted by molar-refractivity contribution is 7.18. The van der Waals surface area contributed by atoms with Crippen molar-refractivity contribution in [1.82, 2.24) is 29.0 Å². The molecule has 1 atom stereocenters. The van der Waals surface area contributed by atoms with Crippen LogP contribution in [0.2, 0.25) is 0 Å². The summed E-state index contributed by atoms with van der Waals surface area (Å²) < 4.78 is 3.57. The molecule has 1 aliphatic carbocycles. The van der Waals surface area contributed by atoms with Gasteiger partial charge in [0.2, 0.25) is 5.91 Å². The SMILES string of the molecule is O=C(CCn1cnc2sc3c(c2c1=O)CCCC3)N1CCCC1c1nnc2ccccn12. The molecule has 2 aliphatic rings. The predicted octanol–water partition coefficient (Wildman–Crippen LogP) is 3.13. The number of hydrogen-bond acceptors (Lipinski definition) is 6. The molecule has 0 aromatic carbocycles. The lowest BCUT2D eigenvalue weighted by molar-refractivity contribution is -0.132. The quantitative estimate of drug-likeness (QED) is 0.479. The maximum Gasteiger partial charge on any atom is 0.262 e. The number of likely N-dealkylation sites (tertiary alicyclic amines) is 1. The average molecular weight is 449 g/mol. The van der Waals surface area contributed by atoms with E-state index in [2.05, 4.69) is 15.2 Å². The maximum absolute atomic E-state index is 13.2. The molecular weight excluding hydrogens is 424 g/mol. The Bertz CT molecular complexity index is 1390. The fourth-order valence-electron chi connectivity index (χ4n) is 5.12. The van der Waals surface area contributed by atoms with Crippen LogP contribution >= 0.6 is 11.3 Å². The highest BCUT2D eigenvalue weighted by Crippen LogP contribution is 2.34. The summed E-state index contributed by atoms with van der Waals surface area (Å²) in [6.45, 7) is 1.05. The fourth-order valence-corrected chi connectivity index (χ4v) is 6.34. The van der Waals surface area contributed by atoms with Crippen molar-refractivity contribution in [2.75, 3.05) is 6.54 Å². The summed E-state index contributed by atoms with van der Waals surface area (Å²) in [5, 5.41) is 9.38. The van der Waals surface area contributed by atoms with Crippen LogP contribution in [0.15, 0.2) is 35.5 Å². The highest BCUT2D eigenvalue weighted by atomic mass is 32.1. The van der Waals surface area contributed by atoms with Crippen LogP contribution in [-0.2, 0) is 24.2 Å². The normalized spacial score (nSPS) is 18.5. The van der Waals surface area contributed by atoms with Crippen molar-refractivity contribution in [3.05, 3.63) is 57.3 Å². The number of pyridine rings is 1. The van der Waals surface area contributed by atoms with Crippen LogP contribution < -0.4 is 5.56 Å². The van der Waals surface area contributed by atoms with Gasteiger partial charge in [0.05, 0.1) is 17.8 Å². The van der Waals surface area contributed by atoms with E-state index in [0.29, 0.717) is 13.1 Å². The summed E-state index contributed by atoms with van der Waals surface area (Å²) in [5.41, 5.74) is 1.96. The molecule has 1 unspecified atom stereocenters. The first-order valence-electron chi connectivity index (χ1n) is 11.3. The van der Waals surface area contributed by atoms with E-state index in [0.717, 1.165) is 53.8 Å². The average Bonchev–Trinajstić information content (AvgIpc) is 3.54. The molecule has 4 aromatic heterocycles. The number of carbonyl (C=O) groups excluding carboxylic acids is 1. The Labute approximate surface area is 188 Å². The van der Waals surface area contributed by atoms with Gasteiger partial charge in [0, 0.05) is 30.6 Å². The van der Waals surface area contributed by atoms with E-state index >= 15 is 0 Å². The third-order valence-corrected chi connectivity index (χ3v) is 7.92. The van der Waals surface area contributed by atoms with Crippen molar-refractivity contribution in [1.29, 1.82) is 0 Å². The Hall–Kier alpha value is -3.07. The van der Waals surface area contributed by atoms with Gasteiger partial charge in [-0.25, -0.2) is 4.98 Å². The maximum atomic E-state index is 13.2. The minimum Gasteiger partial charge on any atom is -0.332 e. The lowest BCUT2D eigenvalue weighted by Gasteiger charge is -2.23. The minimum atomic E-state index is -0.0823. The first kappa shape index (κ1) is 19.6. The Balaban J connectivity index is 1.23. The van der Waals surface area contributed by atoms with E-state index in [-0.39, 0.29) is 23.9 Å². The standard InChI is InChI=1S/C23H24N6O2S/c30-19(28-12-5-7-16(28)21-26-25-18-9-3-4-11-29(18)21)10-13-27-14-24-22-20(23(27)31)15-6-1-2-8-17(15)32-22/h3-4,9,11,14,16H,1-2,5-8,10,12-13H2. The van der Waals surface area contributed by atoms with Crippen molar-refractivity contribution in [3.8, 4) is 0 Å². The second-order valence-electron chi connectivity index (χ2n) is 8.62. The van der Waals surface area contributed by atoms with Gasteiger partial charge in [0.15, 0.2) is 11.5 Å². The van der Waals surface area contributed by atoms with Crippen molar-refractivity contribution < 1.29 is 4.79 Å². The van der Waals surface area contributed by atoms with Gasteiger partial charge in [-0.2, -0.15) is 0 Å². The van der Waals surface area contributed by atoms with Gasteiger partial charge in [-0.05, 0) is 56.2 Å². The number of carbonyl (C=O) groups is 1. The second kappa shape index (κ2) is 7.81. The lowest BCUT2D eigenvalue weighted by atomic mass is 9.97. The van der Waals surface area contributed by atoms with E-state index < -0.39 is 0 Å². The molecule has 0 bridgehead atoms. The smallest absolute Gasteiger partial charge is 0.262 e. The predicted molar refractivity (Wildman–Crippen MR) is 122 cm³/mol. The van der Waals surface area contributed by atoms with Gasteiger partial charge in [0.25, 0.3) is 5.56 Å².